The van der Waals surface area contributed by atoms with Crippen LogP contribution in [0.5, 0.6) is 23.0 Å². The van der Waals surface area contributed by atoms with Gasteiger partial charge in [0.1, 0.15) is 36.2 Å². The Morgan fingerprint density at radius 1 is 0.627 bits per heavy atom. The number of aromatic nitrogens is 1. The monoisotopic (exact) mass is 935 g/mol. The number of hydrogen-bond donors (Lipinski definition) is 0. The Bertz CT molecular complexity index is 2350. The predicted octanol–water partition coefficient (Wildman–Crippen LogP) is 11.0. The molecule has 1 heterocycles. The molecule has 0 unspecified atom stereocenters. The zero-order valence-electron chi connectivity index (χ0n) is 37.7. The molecule has 0 saturated heterocycles. The molecule has 5 aromatic rings. The number of para-hydroxylation sites is 1. The van der Waals surface area contributed by atoms with E-state index < -0.39 is 23.7 Å². The number of benzene rings is 4. The van der Waals surface area contributed by atoms with Crippen LogP contribution in [0.2, 0.25) is 0 Å². The number of thiazole rings is 1. The highest BCUT2D eigenvalue weighted by atomic mass is 32.1. The van der Waals surface area contributed by atoms with Gasteiger partial charge in [-0.1, -0.05) is 67.5 Å². The summed E-state index contributed by atoms with van der Waals surface area (Å²) >= 11 is 1.46. The molecule has 0 bridgehead atoms. The Hall–Kier alpha value is -7.00. The number of carbonyl (C=O) groups excluding carboxylic acids is 3. The van der Waals surface area contributed by atoms with Gasteiger partial charge in [-0.3, -0.25) is 0 Å². The molecule has 5 rings (SSSR count). The van der Waals surface area contributed by atoms with Crippen LogP contribution in [0, 0.1) is 0 Å². The summed E-state index contributed by atoms with van der Waals surface area (Å²) in [5.41, 5.74) is 3.34. The Morgan fingerprint density at radius 3 is 1.73 bits per heavy atom. The molecule has 0 N–H and O–H groups in total. The quantitative estimate of drug-likeness (QED) is 0.0101. The normalized spacial score (nSPS) is 10.9. The van der Waals surface area contributed by atoms with E-state index in [4.69, 9.17) is 43.2 Å². The number of esters is 3. The van der Waals surface area contributed by atoms with Crippen LogP contribution in [0.25, 0.3) is 10.2 Å². The first-order chi connectivity index (χ1) is 32.7. The van der Waals surface area contributed by atoms with Crippen molar-refractivity contribution >= 4 is 50.8 Å². The third kappa shape index (κ3) is 18.8. The van der Waals surface area contributed by atoms with Crippen molar-refractivity contribution in [1.82, 2.24) is 4.98 Å². The zero-order chi connectivity index (χ0) is 47.5. The Labute approximate surface area is 395 Å². The first-order valence-corrected chi connectivity index (χ1v) is 23.1. The van der Waals surface area contributed by atoms with Crippen LogP contribution in [-0.2, 0) is 41.8 Å². The SMILES string of the molecule is C=CC(=O)OCCCCCCOc1ccc(COc2ccc(OCc3ccc(OCCCCCCOC(=O)C=C)cc3)c(/C=N/N(CCCOC(=O)C(=C)F)c3nc4ccccc4s3)c2)cc1. The standard InChI is InChI=1S/C52H58FN3O10S/c1-4-49(57)62-32-14-8-6-12-30-60-43-23-19-40(20-24-43)37-65-45-27-28-47(66-38-41-21-25-44(26-22-41)61-31-13-7-9-15-33-63-50(58)5-2)42(35-45)36-54-56(29-16-34-64-51(59)39(3)53)52-55-46-17-10-11-18-48(46)67-52/h4-5,10-11,17-28,35-36H,1-3,6-9,12-16,29-34,37-38H2/b54-36+. The number of rotatable bonds is 32. The van der Waals surface area contributed by atoms with E-state index in [0.29, 0.717) is 68.2 Å². The van der Waals surface area contributed by atoms with Gasteiger partial charge in [0, 0.05) is 30.7 Å². The van der Waals surface area contributed by atoms with Gasteiger partial charge in [-0.05, 0) is 117 Å². The maximum atomic E-state index is 13.3. The molecule has 0 fully saturated rings. The van der Waals surface area contributed by atoms with Gasteiger partial charge >= 0.3 is 17.9 Å². The van der Waals surface area contributed by atoms with Gasteiger partial charge in [-0.25, -0.2) is 24.4 Å². The van der Waals surface area contributed by atoms with E-state index in [0.717, 1.165) is 84.2 Å². The second kappa shape index (κ2) is 28.8. The highest BCUT2D eigenvalue weighted by Gasteiger charge is 2.14. The lowest BCUT2D eigenvalue weighted by molar-refractivity contribution is -0.141. The fourth-order valence-corrected chi connectivity index (χ4v) is 7.21. The van der Waals surface area contributed by atoms with Crippen molar-refractivity contribution in [3.05, 3.63) is 145 Å². The largest absolute Gasteiger partial charge is 0.494 e. The molecule has 0 aliphatic carbocycles. The molecule has 0 radical (unpaired) electrons. The molecule has 4 aromatic carbocycles. The average Bonchev–Trinajstić information content (AvgIpc) is 3.79. The second-order valence-electron chi connectivity index (χ2n) is 15.1. The topological polar surface area (TPSA) is 144 Å². The molecule has 13 nitrogen and oxygen atoms in total. The Balaban J connectivity index is 1.21. The van der Waals surface area contributed by atoms with Crippen molar-refractivity contribution in [1.29, 1.82) is 0 Å². The van der Waals surface area contributed by atoms with Crippen LogP contribution in [0.3, 0.4) is 0 Å². The van der Waals surface area contributed by atoms with E-state index >= 15 is 0 Å². The van der Waals surface area contributed by atoms with Gasteiger partial charge in [0.25, 0.3) is 0 Å². The van der Waals surface area contributed by atoms with Crippen molar-refractivity contribution in [2.75, 3.05) is 44.6 Å². The van der Waals surface area contributed by atoms with Gasteiger partial charge in [0.2, 0.25) is 11.0 Å². The molecule has 0 atom stereocenters. The second-order valence-corrected chi connectivity index (χ2v) is 16.1. The molecule has 0 saturated carbocycles. The molecule has 354 valence electrons. The summed E-state index contributed by atoms with van der Waals surface area (Å²) in [4.78, 5) is 38.8. The van der Waals surface area contributed by atoms with Crippen LogP contribution in [-0.4, -0.2) is 68.7 Å². The summed E-state index contributed by atoms with van der Waals surface area (Å²) in [6, 6.07) is 28.8. The van der Waals surface area contributed by atoms with Crippen LogP contribution in [0.1, 0.15) is 74.5 Å². The minimum Gasteiger partial charge on any atom is -0.494 e. The number of nitrogens with zero attached hydrogens (tertiary/aromatic N) is 3. The lowest BCUT2D eigenvalue weighted by Gasteiger charge is -2.17. The lowest BCUT2D eigenvalue weighted by Crippen LogP contribution is -2.20. The number of halogens is 1. The maximum Gasteiger partial charge on any atom is 0.366 e. The number of hydrogen-bond acceptors (Lipinski definition) is 14. The van der Waals surface area contributed by atoms with Crippen molar-refractivity contribution in [2.45, 2.75) is 71.0 Å². The van der Waals surface area contributed by atoms with E-state index in [-0.39, 0.29) is 13.2 Å². The first kappa shape index (κ1) is 51.0. The van der Waals surface area contributed by atoms with E-state index in [1.165, 1.54) is 23.5 Å². The highest BCUT2D eigenvalue weighted by Crippen LogP contribution is 2.30. The highest BCUT2D eigenvalue weighted by molar-refractivity contribution is 7.22. The molecule has 67 heavy (non-hydrogen) atoms. The molecule has 1 aromatic heterocycles. The van der Waals surface area contributed by atoms with Crippen molar-refractivity contribution < 1.29 is 51.9 Å². The molecule has 0 aliphatic rings. The van der Waals surface area contributed by atoms with E-state index in [2.05, 4.69) is 19.7 Å². The van der Waals surface area contributed by atoms with E-state index in [9.17, 15) is 18.8 Å². The van der Waals surface area contributed by atoms with Gasteiger partial charge in [0.05, 0.1) is 49.5 Å². The number of hydrazone groups is 1. The smallest absolute Gasteiger partial charge is 0.366 e. The maximum absolute atomic E-state index is 13.3. The van der Waals surface area contributed by atoms with Crippen LogP contribution < -0.4 is 24.0 Å². The number of anilines is 1. The number of ether oxygens (including phenoxy) is 7. The average molecular weight is 936 g/mol. The fourth-order valence-electron chi connectivity index (χ4n) is 6.26. The van der Waals surface area contributed by atoms with E-state index in [1.54, 1.807) is 11.2 Å². The summed E-state index contributed by atoms with van der Waals surface area (Å²) in [6.07, 6.45) is 11.5. The van der Waals surface area contributed by atoms with Gasteiger partial charge in [-0.15, -0.1) is 0 Å². The summed E-state index contributed by atoms with van der Waals surface area (Å²) < 4.78 is 53.8. The van der Waals surface area contributed by atoms with Crippen molar-refractivity contribution in [3.8, 4) is 23.0 Å². The number of fused-ring (bicyclic) bond motifs is 1. The van der Waals surface area contributed by atoms with Crippen LogP contribution in [0.4, 0.5) is 9.52 Å². The third-order valence-electron chi connectivity index (χ3n) is 9.87. The Kier molecular flexibility index (Phi) is 21.9. The molecule has 15 heteroatoms. The van der Waals surface area contributed by atoms with Crippen molar-refractivity contribution in [3.63, 3.8) is 0 Å². The molecule has 0 spiro atoms. The summed E-state index contributed by atoms with van der Waals surface area (Å²) in [5, 5.41) is 7.19. The molecular weight excluding hydrogens is 878 g/mol. The van der Waals surface area contributed by atoms with Crippen molar-refractivity contribution in [2.24, 2.45) is 5.10 Å². The molecule has 0 amide bonds. The number of carbonyl (C=O) groups is 3. The first-order valence-electron chi connectivity index (χ1n) is 22.3. The Morgan fingerprint density at radius 2 is 1.16 bits per heavy atom. The zero-order valence-corrected chi connectivity index (χ0v) is 38.6. The lowest BCUT2D eigenvalue weighted by atomic mass is 10.2. The molecule has 0 aliphatic heterocycles. The summed E-state index contributed by atoms with van der Waals surface area (Å²) in [6.45, 7) is 12.6. The predicted molar refractivity (Wildman–Crippen MR) is 259 cm³/mol. The minimum atomic E-state index is -1.15. The van der Waals surface area contributed by atoms with Gasteiger partial charge < -0.3 is 33.2 Å². The van der Waals surface area contributed by atoms with Gasteiger partial charge in [0.15, 0.2) is 0 Å². The fraction of sp³-hybridized carbons (Fsp3) is 0.327. The van der Waals surface area contributed by atoms with Crippen LogP contribution >= 0.6 is 11.3 Å². The minimum absolute atomic E-state index is 0.0398. The van der Waals surface area contributed by atoms with Crippen LogP contribution in [0.15, 0.2) is 134 Å². The summed E-state index contributed by atoms with van der Waals surface area (Å²) in [5.74, 6) is -0.370. The molecular formula is C52H58FN3O10S. The summed E-state index contributed by atoms with van der Waals surface area (Å²) in [7, 11) is 0. The van der Waals surface area contributed by atoms with E-state index in [1.807, 2.05) is 91.0 Å². The third-order valence-corrected chi connectivity index (χ3v) is 10.9. The number of unbranched alkanes of at least 4 members (excludes halogenated alkanes) is 6. The van der Waals surface area contributed by atoms with Gasteiger partial charge in [-0.2, -0.15) is 9.49 Å².